The van der Waals surface area contributed by atoms with Crippen LogP contribution in [0.5, 0.6) is 0 Å². The predicted molar refractivity (Wildman–Crippen MR) is 74.1 cm³/mol. The first kappa shape index (κ1) is 12.3. The van der Waals surface area contributed by atoms with Crippen molar-refractivity contribution < 1.29 is 8.81 Å². The molecule has 3 rings (SSSR count). The maximum absolute atomic E-state index is 13.6. The van der Waals surface area contributed by atoms with E-state index < -0.39 is 11.9 Å². The maximum Gasteiger partial charge on any atom is 0.169 e. The maximum atomic E-state index is 13.6. The molecule has 1 aromatic carbocycles. The van der Waals surface area contributed by atoms with Crippen molar-refractivity contribution in [3.8, 4) is 0 Å². The van der Waals surface area contributed by atoms with Gasteiger partial charge in [-0.05, 0) is 40.2 Å². The number of hydrogen-bond donors (Lipinski definition) is 1. The van der Waals surface area contributed by atoms with E-state index in [-0.39, 0.29) is 5.58 Å². The van der Waals surface area contributed by atoms with Gasteiger partial charge in [-0.3, -0.25) is 4.98 Å². The Labute approximate surface area is 117 Å². The second kappa shape index (κ2) is 4.75. The van der Waals surface area contributed by atoms with Crippen LogP contribution in [0.3, 0.4) is 0 Å². The number of aromatic nitrogens is 1. The van der Waals surface area contributed by atoms with Gasteiger partial charge < -0.3 is 10.2 Å². The van der Waals surface area contributed by atoms with Gasteiger partial charge in [-0.25, -0.2) is 4.39 Å². The van der Waals surface area contributed by atoms with Crippen LogP contribution in [-0.2, 0) is 0 Å². The highest BCUT2D eigenvalue weighted by molar-refractivity contribution is 9.10. The monoisotopic (exact) mass is 320 g/mol. The number of nitrogens with zero attached hydrogens (tertiary/aromatic N) is 1. The number of para-hydroxylation sites is 1. The fraction of sp³-hybridized carbons (Fsp3) is 0.0714. The molecule has 0 saturated carbocycles. The van der Waals surface area contributed by atoms with Crippen molar-refractivity contribution in [2.75, 3.05) is 0 Å². The fourth-order valence-electron chi connectivity index (χ4n) is 1.96. The summed E-state index contributed by atoms with van der Waals surface area (Å²) >= 11 is 3.39. The highest BCUT2D eigenvalue weighted by Gasteiger charge is 2.18. The van der Waals surface area contributed by atoms with Crippen molar-refractivity contribution in [1.29, 1.82) is 0 Å². The summed E-state index contributed by atoms with van der Waals surface area (Å²) in [5, 5.41) is 0.692. The first-order valence-corrected chi connectivity index (χ1v) is 6.50. The van der Waals surface area contributed by atoms with Crippen LogP contribution >= 0.6 is 15.9 Å². The van der Waals surface area contributed by atoms with E-state index in [0.717, 1.165) is 4.47 Å². The molecule has 0 bridgehead atoms. The van der Waals surface area contributed by atoms with E-state index in [1.807, 2.05) is 6.07 Å². The number of pyridine rings is 1. The van der Waals surface area contributed by atoms with E-state index in [0.29, 0.717) is 16.8 Å². The Balaban J connectivity index is 2.10. The largest absolute Gasteiger partial charge is 0.456 e. The second-order valence-electron chi connectivity index (χ2n) is 4.16. The van der Waals surface area contributed by atoms with E-state index >= 15 is 0 Å². The molecule has 0 fully saturated rings. The summed E-state index contributed by atoms with van der Waals surface area (Å²) in [6.45, 7) is 0. The van der Waals surface area contributed by atoms with Gasteiger partial charge in [0, 0.05) is 16.1 Å². The van der Waals surface area contributed by atoms with E-state index in [2.05, 4.69) is 20.9 Å². The highest BCUT2D eigenvalue weighted by Crippen LogP contribution is 2.30. The predicted octanol–water partition coefficient (Wildman–Crippen LogP) is 3.78. The number of halogens is 2. The van der Waals surface area contributed by atoms with Crippen molar-refractivity contribution in [3.05, 3.63) is 64.3 Å². The smallest absolute Gasteiger partial charge is 0.169 e. The van der Waals surface area contributed by atoms with Crippen molar-refractivity contribution in [2.24, 2.45) is 5.73 Å². The molecule has 3 nitrogen and oxygen atoms in total. The molecular formula is C14H10BrFN2O. The third-order valence-corrected chi connectivity index (χ3v) is 3.57. The van der Waals surface area contributed by atoms with Crippen LogP contribution in [0.1, 0.15) is 17.5 Å². The molecule has 0 aliphatic heterocycles. The summed E-state index contributed by atoms with van der Waals surface area (Å²) in [6.07, 6.45) is 1.66. The number of hydrogen-bond acceptors (Lipinski definition) is 3. The summed E-state index contributed by atoms with van der Waals surface area (Å²) < 4.78 is 19.9. The zero-order valence-electron chi connectivity index (χ0n) is 9.81. The molecule has 96 valence electrons. The lowest BCUT2D eigenvalue weighted by Gasteiger charge is -2.09. The van der Waals surface area contributed by atoms with E-state index in [9.17, 15) is 4.39 Å². The molecule has 2 aromatic heterocycles. The SMILES string of the molecule is NC(c1cc2cccc(F)c2o1)c1ncccc1Br. The van der Waals surface area contributed by atoms with Gasteiger partial charge >= 0.3 is 0 Å². The molecule has 0 aliphatic carbocycles. The van der Waals surface area contributed by atoms with Gasteiger partial charge in [-0.2, -0.15) is 0 Å². The van der Waals surface area contributed by atoms with Crippen LogP contribution in [0.2, 0.25) is 0 Å². The zero-order valence-corrected chi connectivity index (χ0v) is 11.4. The first-order chi connectivity index (χ1) is 9.16. The molecule has 0 amide bonds. The van der Waals surface area contributed by atoms with Crippen LogP contribution in [0, 0.1) is 5.82 Å². The fourth-order valence-corrected chi connectivity index (χ4v) is 2.46. The lowest BCUT2D eigenvalue weighted by molar-refractivity contribution is 0.498. The topological polar surface area (TPSA) is 52.0 Å². The quantitative estimate of drug-likeness (QED) is 0.781. The molecule has 2 N–H and O–H groups in total. The minimum Gasteiger partial charge on any atom is -0.456 e. The first-order valence-electron chi connectivity index (χ1n) is 5.71. The highest BCUT2D eigenvalue weighted by atomic mass is 79.9. The van der Waals surface area contributed by atoms with Crippen LogP contribution in [0.15, 0.2) is 51.5 Å². The zero-order chi connectivity index (χ0) is 13.4. The number of furan rings is 1. The number of rotatable bonds is 2. The van der Waals surface area contributed by atoms with E-state index in [1.165, 1.54) is 6.07 Å². The third kappa shape index (κ3) is 2.15. The average Bonchev–Trinajstić information content (AvgIpc) is 2.84. The summed E-state index contributed by atoms with van der Waals surface area (Å²) in [5.41, 5.74) is 7.00. The van der Waals surface area contributed by atoms with Gasteiger partial charge in [0.1, 0.15) is 11.8 Å². The van der Waals surface area contributed by atoms with Gasteiger partial charge in [0.05, 0.1) is 5.69 Å². The molecule has 1 unspecified atom stereocenters. The van der Waals surface area contributed by atoms with Crippen LogP contribution in [0.4, 0.5) is 4.39 Å². The third-order valence-electron chi connectivity index (χ3n) is 2.90. The normalized spacial score (nSPS) is 12.8. The Morgan fingerprint density at radius 2 is 2.11 bits per heavy atom. The van der Waals surface area contributed by atoms with Crippen LogP contribution in [0.25, 0.3) is 11.0 Å². The molecule has 1 atom stereocenters. The lowest BCUT2D eigenvalue weighted by Crippen LogP contribution is -2.13. The Morgan fingerprint density at radius 1 is 1.26 bits per heavy atom. The standard InChI is InChI=1S/C14H10BrFN2O/c15-9-4-2-6-18-13(9)12(17)11-7-8-3-1-5-10(16)14(8)19-11/h1-7,12H,17H2. The van der Waals surface area contributed by atoms with E-state index in [1.54, 1.807) is 30.5 Å². The molecule has 0 saturated heterocycles. The minimum atomic E-state index is -0.539. The molecule has 0 spiro atoms. The van der Waals surface area contributed by atoms with Gasteiger partial charge in [0.25, 0.3) is 0 Å². The van der Waals surface area contributed by atoms with Crippen molar-refractivity contribution in [3.63, 3.8) is 0 Å². The molecule has 0 aliphatic rings. The van der Waals surface area contributed by atoms with Crippen molar-refractivity contribution >= 4 is 26.9 Å². The summed E-state index contributed by atoms with van der Waals surface area (Å²) in [5.74, 6) is 0.0931. The summed E-state index contributed by atoms with van der Waals surface area (Å²) in [4.78, 5) is 4.22. The molecule has 3 aromatic rings. The Bertz CT molecular complexity index is 741. The van der Waals surface area contributed by atoms with Crippen molar-refractivity contribution in [2.45, 2.75) is 6.04 Å². The summed E-state index contributed by atoms with van der Waals surface area (Å²) in [7, 11) is 0. The van der Waals surface area contributed by atoms with Crippen molar-refractivity contribution in [1.82, 2.24) is 4.98 Å². The Kier molecular flexibility index (Phi) is 3.08. The van der Waals surface area contributed by atoms with Gasteiger partial charge in [0.15, 0.2) is 11.4 Å². The molecule has 5 heteroatoms. The second-order valence-corrected chi connectivity index (χ2v) is 5.01. The van der Waals surface area contributed by atoms with Gasteiger partial charge in [-0.1, -0.05) is 12.1 Å². The number of benzene rings is 1. The molecular weight excluding hydrogens is 311 g/mol. The summed E-state index contributed by atoms with van der Waals surface area (Å²) in [6, 6.07) is 9.64. The van der Waals surface area contributed by atoms with Gasteiger partial charge in [-0.15, -0.1) is 0 Å². The number of nitrogens with two attached hydrogens (primary N) is 1. The molecule has 19 heavy (non-hydrogen) atoms. The van der Waals surface area contributed by atoms with Crippen LogP contribution < -0.4 is 5.73 Å². The average molecular weight is 321 g/mol. The molecule has 0 radical (unpaired) electrons. The van der Waals surface area contributed by atoms with Crippen LogP contribution in [-0.4, -0.2) is 4.98 Å². The van der Waals surface area contributed by atoms with E-state index in [4.69, 9.17) is 10.2 Å². The number of fused-ring (bicyclic) bond motifs is 1. The lowest BCUT2D eigenvalue weighted by atomic mass is 10.1. The molecule has 2 heterocycles. The van der Waals surface area contributed by atoms with Gasteiger partial charge in [0.2, 0.25) is 0 Å². The Hall–Kier alpha value is -1.72. The Morgan fingerprint density at radius 3 is 2.84 bits per heavy atom. The minimum absolute atomic E-state index is 0.222.